The number of rotatable bonds is 5. The molecule has 1 aromatic heterocycles. The first-order chi connectivity index (χ1) is 9.58. The first-order valence-electron chi connectivity index (χ1n) is 6.64. The van der Waals surface area contributed by atoms with E-state index in [-0.39, 0.29) is 5.91 Å². The molecule has 1 unspecified atom stereocenters. The van der Waals surface area contributed by atoms with E-state index in [0.29, 0.717) is 28.2 Å². The number of nitrogens with zero attached hydrogens (tertiary/aromatic N) is 1. The molecule has 0 fully saturated rings. The maximum absolute atomic E-state index is 12.0. The van der Waals surface area contributed by atoms with Crippen LogP contribution < -0.4 is 11.1 Å². The molecule has 4 nitrogen and oxygen atoms in total. The minimum Gasteiger partial charge on any atom is -0.375 e. The van der Waals surface area contributed by atoms with Gasteiger partial charge in [0.2, 0.25) is 0 Å². The summed E-state index contributed by atoms with van der Waals surface area (Å²) in [5, 5.41) is 3.37. The van der Waals surface area contributed by atoms with Gasteiger partial charge in [-0.1, -0.05) is 48.6 Å². The van der Waals surface area contributed by atoms with Crippen molar-refractivity contribution in [3.05, 3.63) is 46.5 Å². The Morgan fingerprint density at radius 3 is 2.70 bits per heavy atom. The predicted octanol–water partition coefficient (Wildman–Crippen LogP) is 2.96. The third-order valence-electron chi connectivity index (χ3n) is 3.25. The molecule has 1 atom stereocenters. The summed E-state index contributed by atoms with van der Waals surface area (Å²) >= 11 is 1.23. The Balaban J connectivity index is 1.84. The molecule has 1 aromatic carbocycles. The number of thiazole rings is 1. The van der Waals surface area contributed by atoms with Crippen LogP contribution in [0.5, 0.6) is 0 Å². The van der Waals surface area contributed by atoms with Gasteiger partial charge in [0.05, 0.1) is 5.69 Å². The fourth-order valence-corrected chi connectivity index (χ4v) is 2.81. The summed E-state index contributed by atoms with van der Waals surface area (Å²) < 4.78 is 0. The minimum atomic E-state index is -0.0861. The first kappa shape index (κ1) is 14.5. The Morgan fingerprint density at radius 2 is 2.10 bits per heavy atom. The maximum Gasteiger partial charge on any atom is 0.263 e. The summed E-state index contributed by atoms with van der Waals surface area (Å²) in [6, 6.07) is 10.3. The summed E-state index contributed by atoms with van der Waals surface area (Å²) in [5.74, 6) is 0.334. The molecule has 0 spiro atoms. The zero-order valence-corrected chi connectivity index (χ0v) is 12.5. The van der Waals surface area contributed by atoms with Crippen LogP contribution in [0, 0.1) is 6.92 Å². The normalized spacial score (nSPS) is 12.1. The van der Waals surface area contributed by atoms with Crippen LogP contribution in [0.25, 0.3) is 0 Å². The van der Waals surface area contributed by atoms with E-state index < -0.39 is 0 Å². The van der Waals surface area contributed by atoms with Crippen molar-refractivity contribution < 1.29 is 4.79 Å². The second-order valence-corrected chi connectivity index (χ2v) is 5.85. The number of nitrogen functional groups attached to an aromatic ring is 1. The Kier molecular flexibility index (Phi) is 4.74. The first-order valence-corrected chi connectivity index (χ1v) is 7.45. The third kappa shape index (κ3) is 3.57. The van der Waals surface area contributed by atoms with Gasteiger partial charge in [-0.2, -0.15) is 0 Å². The Labute approximate surface area is 123 Å². The van der Waals surface area contributed by atoms with Gasteiger partial charge in [0.1, 0.15) is 4.88 Å². The van der Waals surface area contributed by atoms with Crippen LogP contribution in [0.4, 0.5) is 5.13 Å². The molecule has 3 N–H and O–H groups in total. The van der Waals surface area contributed by atoms with Crippen LogP contribution in [0.1, 0.15) is 40.2 Å². The highest BCUT2D eigenvalue weighted by Gasteiger charge is 2.14. The smallest absolute Gasteiger partial charge is 0.263 e. The number of amides is 1. The van der Waals surface area contributed by atoms with Crippen LogP contribution >= 0.6 is 11.3 Å². The highest BCUT2D eigenvalue weighted by atomic mass is 32.1. The summed E-state index contributed by atoms with van der Waals surface area (Å²) in [5.41, 5.74) is 7.58. The number of hydrogen-bond acceptors (Lipinski definition) is 4. The van der Waals surface area contributed by atoms with Crippen molar-refractivity contribution in [3.63, 3.8) is 0 Å². The van der Waals surface area contributed by atoms with Crippen molar-refractivity contribution in [3.8, 4) is 0 Å². The van der Waals surface area contributed by atoms with Gasteiger partial charge < -0.3 is 11.1 Å². The zero-order valence-electron chi connectivity index (χ0n) is 11.7. The number of nitrogens with two attached hydrogens (primary N) is 1. The Morgan fingerprint density at radius 1 is 1.40 bits per heavy atom. The van der Waals surface area contributed by atoms with Gasteiger partial charge in [-0.05, 0) is 24.8 Å². The molecule has 0 aliphatic carbocycles. The summed E-state index contributed by atoms with van der Waals surface area (Å²) in [7, 11) is 0. The average molecular weight is 289 g/mol. The van der Waals surface area contributed by atoms with Crippen LogP contribution in [0.15, 0.2) is 30.3 Å². The van der Waals surface area contributed by atoms with E-state index in [0.717, 1.165) is 6.42 Å². The SMILES string of the molecule is Cc1nc(N)sc1C(=O)NCCC(C)c1ccccc1. The van der Waals surface area contributed by atoms with Gasteiger partial charge in [-0.3, -0.25) is 4.79 Å². The van der Waals surface area contributed by atoms with Crippen LogP contribution in [-0.2, 0) is 0 Å². The van der Waals surface area contributed by atoms with Crippen LogP contribution in [0.2, 0.25) is 0 Å². The number of aromatic nitrogens is 1. The number of nitrogens with one attached hydrogen (secondary N) is 1. The fourth-order valence-electron chi connectivity index (χ4n) is 2.06. The van der Waals surface area contributed by atoms with E-state index in [4.69, 9.17) is 5.73 Å². The number of benzene rings is 1. The maximum atomic E-state index is 12.0. The molecule has 0 aliphatic heterocycles. The lowest BCUT2D eigenvalue weighted by atomic mass is 9.98. The molecule has 2 aromatic rings. The molecule has 5 heteroatoms. The highest BCUT2D eigenvalue weighted by Crippen LogP contribution is 2.20. The molecule has 1 heterocycles. The van der Waals surface area contributed by atoms with E-state index in [9.17, 15) is 4.79 Å². The van der Waals surface area contributed by atoms with Gasteiger partial charge in [0.25, 0.3) is 5.91 Å². The van der Waals surface area contributed by atoms with Crippen molar-refractivity contribution in [2.45, 2.75) is 26.2 Å². The monoisotopic (exact) mass is 289 g/mol. The lowest BCUT2D eigenvalue weighted by molar-refractivity contribution is 0.0956. The van der Waals surface area contributed by atoms with Gasteiger partial charge >= 0.3 is 0 Å². The lowest BCUT2D eigenvalue weighted by Crippen LogP contribution is -2.25. The number of carbonyl (C=O) groups excluding carboxylic acids is 1. The Bertz CT molecular complexity index is 580. The van der Waals surface area contributed by atoms with E-state index in [2.05, 4.69) is 29.4 Å². The third-order valence-corrected chi connectivity index (χ3v) is 4.24. The second-order valence-electron chi connectivity index (χ2n) is 4.82. The minimum absolute atomic E-state index is 0.0861. The molecule has 20 heavy (non-hydrogen) atoms. The largest absolute Gasteiger partial charge is 0.375 e. The topological polar surface area (TPSA) is 68.0 Å². The molecule has 106 valence electrons. The van der Waals surface area contributed by atoms with Crippen molar-refractivity contribution in [2.24, 2.45) is 0 Å². The van der Waals surface area contributed by atoms with Gasteiger partial charge in [0, 0.05) is 6.54 Å². The summed E-state index contributed by atoms with van der Waals surface area (Å²) in [6.07, 6.45) is 0.906. The fraction of sp³-hybridized carbons (Fsp3) is 0.333. The van der Waals surface area contributed by atoms with Crippen molar-refractivity contribution in [2.75, 3.05) is 12.3 Å². The average Bonchev–Trinajstić information content (AvgIpc) is 2.78. The molecule has 0 saturated carbocycles. The summed E-state index contributed by atoms with van der Waals surface area (Å²) in [6.45, 7) is 4.61. The molecular formula is C15H19N3OS. The van der Waals surface area contributed by atoms with E-state index in [1.807, 2.05) is 18.2 Å². The summed E-state index contributed by atoms with van der Waals surface area (Å²) in [4.78, 5) is 16.7. The standard InChI is InChI=1S/C15H19N3OS/c1-10(12-6-4-3-5-7-12)8-9-17-14(19)13-11(2)18-15(16)20-13/h3-7,10H,8-9H2,1-2H3,(H2,16,18)(H,17,19). The number of anilines is 1. The Hall–Kier alpha value is -1.88. The molecule has 1 amide bonds. The molecule has 0 saturated heterocycles. The van der Waals surface area contributed by atoms with E-state index in [1.54, 1.807) is 6.92 Å². The number of aryl methyl sites for hydroxylation is 1. The van der Waals surface area contributed by atoms with E-state index in [1.165, 1.54) is 16.9 Å². The second kappa shape index (κ2) is 6.52. The number of carbonyl (C=O) groups is 1. The molecule has 0 aliphatic rings. The number of hydrogen-bond donors (Lipinski definition) is 2. The van der Waals surface area contributed by atoms with Crippen molar-refractivity contribution in [1.29, 1.82) is 0 Å². The molecular weight excluding hydrogens is 270 g/mol. The van der Waals surface area contributed by atoms with Gasteiger partial charge in [-0.15, -0.1) is 0 Å². The molecule has 0 bridgehead atoms. The quantitative estimate of drug-likeness (QED) is 0.889. The lowest BCUT2D eigenvalue weighted by Gasteiger charge is -2.12. The van der Waals surface area contributed by atoms with Crippen LogP contribution in [-0.4, -0.2) is 17.4 Å². The van der Waals surface area contributed by atoms with Gasteiger partial charge in [0.15, 0.2) is 5.13 Å². The van der Waals surface area contributed by atoms with Crippen molar-refractivity contribution in [1.82, 2.24) is 10.3 Å². The van der Waals surface area contributed by atoms with Crippen molar-refractivity contribution >= 4 is 22.4 Å². The van der Waals surface area contributed by atoms with Gasteiger partial charge in [-0.25, -0.2) is 4.98 Å². The van der Waals surface area contributed by atoms with E-state index >= 15 is 0 Å². The van der Waals surface area contributed by atoms with Crippen LogP contribution in [0.3, 0.4) is 0 Å². The highest BCUT2D eigenvalue weighted by molar-refractivity contribution is 7.17. The zero-order chi connectivity index (χ0) is 14.5. The molecule has 2 rings (SSSR count). The predicted molar refractivity (Wildman–Crippen MR) is 83.1 cm³/mol. The molecule has 0 radical (unpaired) electrons.